The second-order valence-corrected chi connectivity index (χ2v) is 6.34. The van der Waals surface area contributed by atoms with Crippen LogP contribution in [0, 0.1) is 12.8 Å². The third-order valence-electron chi connectivity index (χ3n) is 3.90. The van der Waals surface area contributed by atoms with E-state index in [1.54, 1.807) is 35.2 Å². The molecule has 7 heteroatoms. The molecule has 0 bridgehead atoms. The minimum atomic E-state index is -0.116. The van der Waals surface area contributed by atoms with Gasteiger partial charge >= 0.3 is 0 Å². The van der Waals surface area contributed by atoms with E-state index in [9.17, 15) is 9.59 Å². The van der Waals surface area contributed by atoms with Crippen LogP contribution in [-0.2, 0) is 11.3 Å². The Morgan fingerprint density at radius 3 is 2.88 bits per heavy atom. The number of aryl methyl sites for hydroxylation is 1. The summed E-state index contributed by atoms with van der Waals surface area (Å²) in [6, 6.07) is 10.2. The lowest BCUT2D eigenvalue weighted by molar-refractivity contribution is -0.140. The van der Waals surface area contributed by atoms with E-state index in [1.165, 1.54) is 10.7 Å². The van der Waals surface area contributed by atoms with Gasteiger partial charge in [0.05, 0.1) is 12.2 Å². The van der Waals surface area contributed by atoms with Crippen LogP contribution in [0.25, 0.3) is 0 Å². The first-order valence-corrected chi connectivity index (χ1v) is 8.10. The number of aromatic nitrogens is 2. The average Bonchev–Trinajstić information content (AvgIpc) is 2.51. The quantitative estimate of drug-likeness (QED) is 0.826. The van der Waals surface area contributed by atoms with Crippen LogP contribution in [-0.4, -0.2) is 40.3 Å². The van der Waals surface area contributed by atoms with Crippen LogP contribution >= 0.6 is 11.6 Å². The molecule has 0 unspecified atom stereocenters. The normalized spacial score (nSPS) is 14.3. The van der Waals surface area contributed by atoms with Gasteiger partial charge in [0.15, 0.2) is 6.61 Å². The minimum absolute atomic E-state index is 0.0181. The van der Waals surface area contributed by atoms with E-state index in [0.717, 1.165) is 5.69 Å². The molecule has 0 atom stereocenters. The molecule has 0 spiro atoms. The van der Waals surface area contributed by atoms with Gasteiger partial charge in [0.25, 0.3) is 11.5 Å². The first-order chi connectivity index (χ1) is 11.5. The number of nitrogens with zero attached hydrogens (tertiary/aromatic N) is 3. The Labute approximate surface area is 144 Å². The summed E-state index contributed by atoms with van der Waals surface area (Å²) in [4.78, 5) is 25.5. The number of rotatable bonds is 5. The molecule has 2 aromatic rings. The zero-order valence-electron chi connectivity index (χ0n) is 13.3. The zero-order chi connectivity index (χ0) is 17.1. The number of likely N-dealkylation sites (tertiary alicyclic amines) is 1. The van der Waals surface area contributed by atoms with Crippen molar-refractivity contribution in [3.63, 3.8) is 0 Å². The fourth-order valence-electron chi connectivity index (χ4n) is 2.61. The molecule has 3 rings (SSSR count). The van der Waals surface area contributed by atoms with Crippen LogP contribution in [0.1, 0.15) is 5.69 Å². The number of benzene rings is 1. The molecule has 1 amide bonds. The summed E-state index contributed by atoms with van der Waals surface area (Å²) in [7, 11) is 0. The molecule has 1 aromatic carbocycles. The minimum Gasteiger partial charge on any atom is -0.484 e. The first-order valence-electron chi connectivity index (χ1n) is 7.72. The number of carbonyl (C=O) groups is 1. The molecule has 1 aliphatic rings. The maximum Gasteiger partial charge on any atom is 0.266 e. The molecule has 0 radical (unpaired) electrons. The fourth-order valence-corrected chi connectivity index (χ4v) is 2.79. The van der Waals surface area contributed by atoms with Crippen LogP contribution in [0.5, 0.6) is 5.75 Å². The maximum absolute atomic E-state index is 12.1. The van der Waals surface area contributed by atoms with Crippen molar-refractivity contribution in [2.75, 3.05) is 19.7 Å². The highest BCUT2D eigenvalue weighted by atomic mass is 35.5. The highest BCUT2D eigenvalue weighted by molar-refractivity contribution is 6.30. The lowest BCUT2D eigenvalue weighted by Gasteiger charge is -2.39. The van der Waals surface area contributed by atoms with Crippen molar-refractivity contribution in [1.82, 2.24) is 14.7 Å². The molecule has 1 fully saturated rings. The van der Waals surface area contributed by atoms with Crippen molar-refractivity contribution < 1.29 is 9.53 Å². The number of hydrogen-bond donors (Lipinski definition) is 0. The zero-order valence-corrected chi connectivity index (χ0v) is 14.1. The van der Waals surface area contributed by atoms with Crippen molar-refractivity contribution in [3.8, 4) is 5.75 Å². The van der Waals surface area contributed by atoms with Crippen LogP contribution < -0.4 is 10.3 Å². The summed E-state index contributed by atoms with van der Waals surface area (Å²) < 4.78 is 6.91. The molecule has 1 aliphatic heterocycles. The summed E-state index contributed by atoms with van der Waals surface area (Å²) in [6.07, 6.45) is 0. The summed E-state index contributed by atoms with van der Waals surface area (Å²) in [6.45, 7) is 3.58. The number of halogens is 1. The van der Waals surface area contributed by atoms with Gasteiger partial charge in [-0.1, -0.05) is 17.7 Å². The van der Waals surface area contributed by atoms with E-state index in [0.29, 0.717) is 30.4 Å². The average molecular weight is 348 g/mol. The number of amides is 1. The Morgan fingerprint density at radius 1 is 1.33 bits per heavy atom. The summed E-state index contributed by atoms with van der Waals surface area (Å²) >= 11 is 5.87. The smallest absolute Gasteiger partial charge is 0.266 e. The van der Waals surface area contributed by atoms with Crippen molar-refractivity contribution in [2.24, 2.45) is 5.92 Å². The number of hydrogen-bond acceptors (Lipinski definition) is 4. The Hall–Kier alpha value is -2.34. The lowest BCUT2D eigenvalue weighted by atomic mass is 10.0. The van der Waals surface area contributed by atoms with Gasteiger partial charge in [0.1, 0.15) is 5.75 Å². The Morgan fingerprint density at radius 2 is 2.12 bits per heavy atom. The van der Waals surface area contributed by atoms with Gasteiger partial charge in [-0.25, -0.2) is 4.68 Å². The molecular formula is C17H18ClN3O3. The topological polar surface area (TPSA) is 64.4 Å². The van der Waals surface area contributed by atoms with Crippen LogP contribution in [0.4, 0.5) is 0 Å². The fraction of sp³-hybridized carbons (Fsp3) is 0.353. The van der Waals surface area contributed by atoms with E-state index >= 15 is 0 Å². The van der Waals surface area contributed by atoms with Gasteiger partial charge in [-0.15, -0.1) is 0 Å². The molecule has 0 aliphatic carbocycles. The monoisotopic (exact) mass is 347 g/mol. The van der Waals surface area contributed by atoms with E-state index in [1.807, 2.05) is 6.92 Å². The van der Waals surface area contributed by atoms with Gasteiger partial charge in [0.2, 0.25) is 0 Å². The molecule has 6 nitrogen and oxygen atoms in total. The van der Waals surface area contributed by atoms with Crippen molar-refractivity contribution >= 4 is 17.5 Å². The standard InChI is InChI=1S/C17H18ClN3O3/c1-12-5-6-16(22)21(19-12)10-13-8-20(9-13)17(23)11-24-15-4-2-3-14(18)7-15/h2-7,13H,8-11H2,1H3. The maximum atomic E-state index is 12.1. The van der Waals surface area contributed by atoms with E-state index in [-0.39, 0.29) is 24.0 Å². The molecule has 0 N–H and O–H groups in total. The summed E-state index contributed by atoms with van der Waals surface area (Å²) in [5.74, 6) is 0.742. The largest absolute Gasteiger partial charge is 0.484 e. The van der Waals surface area contributed by atoms with Crippen LogP contribution in [0.15, 0.2) is 41.2 Å². The number of carbonyl (C=O) groups excluding carboxylic acids is 1. The van der Waals surface area contributed by atoms with Gasteiger partial charge in [-0.2, -0.15) is 5.10 Å². The van der Waals surface area contributed by atoms with Crippen LogP contribution in [0.2, 0.25) is 5.02 Å². The van der Waals surface area contributed by atoms with E-state index in [2.05, 4.69) is 5.10 Å². The van der Waals surface area contributed by atoms with Crippen molar-refractivity contribution in [2.45, 2.75) is 13.5 Å². The molecule has 1 saturated heterocycles. The Balaban J connectivity index is 1.47. The molecular weight excluding hydrogens is 330 g/mol. The highest BCUT2D eigenvalue weighted by Crippen LogP contribution is 2.19. The van der Waals surface area contributed by atoms with Gasteiger partial charge < -0.3 is 9.64 Å². The lowest BCUT2D eigenvalue weighted by Crippen LogP contribution is -2.53. The molecule has 1 aromatic heterocycles. The van der Waals surface area contributed by atoms with Gasteiger partial charge in [0, 0.05) is 30.1 Å². The van der Waals surface area contributed by atoms with Gasteiger partial charge in [-0.05, 0) is 31.2 Å². The predicted octanol–water partition coefficient (Wildman–Crippen LogP) is 1.74. The third-order valence-corrected chi connectivity index (χ3v) is 4.13. The van der Waals surface area contributed by atoms with E-state index < -0.39 is 0 Å². The highest BCUT2D eigenvalue weighted by Gasteiger charge is 2.31. The SMILES string of the molecule is Cc1ccc(=O)n(CC2CN(C(=O)COc3cccc(Cl)c3)C2)n1. The molecule has 126 valence electrons. The Kier molecular flexibility index (Phi) is 4.85. The summed E-state index contributed by atoms with van der Waals surface area (Å²) in [5.41, 5.74) is 0.687. The third kappa shape index (κ3) is 3.94. The van der Waals surface area contributed by atoms with Gasteiger partial charge in [-0.3, -0.25) is 9.59 Å². The second kappa shape index (κ2) is 7.05. The number of ether oxygens (including phenoxy) is 1. The van der Waals surface area contributed by atoms with Crippen molar-refractivity contribution in [1.29, 1.82) is 0 Å². The second-order valence-electron chi connectivity index (χ2n) is 5.91. The van der Waals surface area contributed by atoms with Crippen molar-refractivity contribution in [3.05, 3.63) is 57.5 Å². The predicted molar refractivity (Wildman–Crippen MR) is 90.3 cm³/mol. The Bertz CT molecular complexity index is 800. The van der Waals surface area contributed by atoms with Crippen LogP contribution in [0.3, 0.4) is 0 Å². The molecule has 24 heavy (non-hydrogen) atoms. The molecule has 0 saturated carbocycles. The van der Waals surface area contributed by atoms with E-state index in [4.69, 9.17) is 16.3 Å². The molecule has 2 heterocycles. The first kappa shape index (κ1) is 16.5. The summed E-state index contributed by atoms with van der Waals surface area (Å²) in [5, 5.41) is 4.78.